The number of nitrogen functional groups attached to an aromatic ring is 1. The van der Waals surface area contributed by atoms with Crippen LogP contribution < -0.4 is 15.4 Å². The standard InChI is InChI=1S/C29H21F6N7OS/c30-15-4-5-19(31)23(12-15)44-41-21-3-1-2-16(25(21)32)20-6-7-22-26(38-20)28(42-8-10-43-11-9-42)40-27(39-22)17-14-37-24(36)13-18(17)29(33,34)35/h1-7,12-14,41H,8-11H2,(H2,36,37). The second-order valence-electron chi connectivity index (χ2n) is 9.63. The molecule has 2 aromatic carbocycles. The van der Waals surface area contributed by atoms with Crippen LogP contribution in [-0.4, -0.2) is 46.2 Å². The number of halogens is 6. The maximum atomic E-state index is 15.7. The highest BCUT2D eigenvalue weighted by molar-refractivity contribution is 8.00. The molecule has 4 heterocycles. The summed E-state index contributed by atoms with van der Waals surface area (Å²) < 4.78 is 93.3. The van der Waals surface area contributed by atoms with Gasteiger partial charge in [0.2, 0.25) is 0 Å². The molecule has 226 valence electrons. The highest BCUT2D eigenvalue weighted by atomic mass is 32.2. The van der Waals surface area contributed by atoms with Crippen LogP contribution in [0.4, 0.5) is 43.7 Å². The number of benzene rings is 2. The first-order valence-corrected chi connectivity index (χ1v) is 13.9. The summed E-state index contributed by atoms with van der Waals surface area (Å²) in [4.78, 5) is 19.1. The molecule has 8 nitrogen and oxygen atoms in total. The van der Waals surface area contributed by atoms with Gasteiger partial charge in [0.15, 0.2) is 17.5 Å². The van der Waals surface area contributed by atoms with E-state index in [9.17, 15) is 22.0 Å². The van der Waals surface area contributed by atoms with Crippen molar-refractivity contribution >= 4 is 40.3 Å². The highest BCUT2D eigenvalue weighted by Gasteiger charge is 2.35. The van der Waals surface area contributed by atoms with Crippen molar-refractivity contribution in [2.45, 2.75) is 11.1 Å². The highest BCUT2D eigenvalue weighted by Crippen LogP contribution is 2.38. The summed E-state index contributed by atoms with van der Waals surface area (Å²) in [5.74, 6) is -2.33. The molecule has 15 heteroatoms. The number of alkyl halides is 3. The molecule has 0 radical (unpaired) electrons. The molecule has 0 bridgehead atoms. The Hall–Kier alpha value is -4.63. The third-order valence-corrected chi connectivity index (χ3v) is 7.60. The third kappa shape index (κ3) is 5.92. The summed E-state index contributed by atoms with van der Waals surface area (Å²) in [6.07, 6.45) is -3.77. The number of anilines is 3. The molecule has 3 aromatic heterocycles. The predicted octanol–water partition coefficient (Wildman–Crippen LogP) is 6.73. The average molecular weight is 630 g/mol. The first-order valence-electron chi connectivity index (χ1n) is 13.1. The molecule has 1 aliphatic rings. The number of morpholine rings is 1. The Morgan fingerprint density at radius 3 is 2.48 bits per heavy atom. The van der Waals surface area contributed by atoms with Crippen molar-refractivity contribution in [2.24, 2.45) is 0 Å². The molecule has 0 amide bonds. The molecule has 1 fully saturated rings. The van der Waals surface area contributed by atoms with E-state index in [2.05, 4.69) is 24.7 Å². The van der Waals surface area contributed by atoms with Gasteiger partial charge in [-0.1, -0.05) is 6.07 Å². The van der Waals surface area contributed by atoms with Crippen LogP contribution in [0.1, 0.15) is 5.56 Å². The summed E-state index contributed by atoms with van der Waals surface area (Å²) in [6.45, 7) is 1.46. The Labute approximate surface area is 250 Å². The predicted molar refractivity (Wildman–Crippen MR) is 154 cm³/mol. The minimum atomic E-state index is -4.75. The molecular formula is C29H21F6N7OS. The molecule has 1 aliphatic heterocycles. The number of hydrogen-bond acceptors (Lipinski definition) is 9. The van der Waals surface area contributed by atoms with E-state index in [1.165, 1.54) is 24.3 Å². The molecule has 44 heavy (non-hydrogen) atoms. The van der Waals surface area contributed by atoms with Crippen molar-refractivity contribution in [1.82, 2.24) is 19.9 Å². The fraction of sp³-hybridized carbons (Fsp3) is 0.172. The number of nitrogens with zero attached hydrogens (tertiary/aromatic N) is 5. The summed E-state index contributed by atoms with van der Waals surface area (Å²) in [5.41, 5.74) is 4.87. The number of pyridine rings is 2. The summed E-state index contributed by atoms with van der Waals surface area (Å²) in [5, 5.41) is 0. The maximum absolute atomic E-state index is 15.7. The number of aromatic nitrogens is 4. The fourth-order valence-electron chi connectivity index (χ4n) is 4.62. The molecule has 0 aliphatic carbocycles. The zero-order valence-electron chi connectivity index (χ0n) is 22.5. The van der Waals surface area contributed by atoms with E-state index in [1.54, 1.807) is 6.07 Å². The van der Waals surface area contributed by atoms with Gasteiger partial charge in [0.05, 0.1) is 40.6 Å². The Morgan fingerprint density at radius 2 is 1.70 bits per heavy atom. The van der Waals surface area contributed by atoms with Gasteiger partial charge in [-0.3, -0.25) is 0 Å². The lowest BCUT2D eigenvalue weighted by Gasteiger charge is -2.28. The van der Waals surface area contributed by atoms with Crippen molar-refractivity contribution < 1.29 is 31.1 Å². The number of fused-ring (bicyclic) bond motifs is 1. The van der Waals surface area contributed by atoms with Gasteiger partial charge in [-0.2, -0.15) is 13.2 Å². The monoisotopic (exact) mass is 629 g/mol. The Bertz CT molecular complexity index is 1870. The van der Waals surface area contributed by atoms with Crippen LogP contribution >= 0.6 is 11.9 Å². The zero-order valence-corrected chi connectivity index (χ0v) is 23.3. The van der Waals surface area contributed by atoms with Gasteiger partial charge in [0.25, 0.3) is 0 Å². The SMILES string of the molecule is Nc1cc(C(F)(F)F)c(-c2nc(N3CCOCC3)c3nc(-c4cccc(NSc5cc(F)ccc5F)c4F)ccc3n2)cn1. The lowest BCUT2D eigenvalue weighted by atomic mass is 10.1. The molecular weight excluding hydrogens is 608 g/mol. The Kier molecular flexibility index (Phi) is 7.90. The second kappa shape index (κ2) is 11.8. The minimum Gasteiger partial charge on any atom is -0.384 e. The number of nitrogens with two attached hydrogens (primary N) is 1. The van der Waals surface area contributed by atoms with Gasteiger partial charge < -0.3 is 20.1 Å². The van der Waals surface area contributed by atoms with Crippen LogP contribution in [0.3, 0.4) is 0 Å². The van der Waals surface area contributed by atoms with Crippen LogP contribution in [0.25, 0.3) is 33.7 Å². The van der Waals surface area contributed by atoms with E-state index < -0.39 is 29.2 Å². The van der Waals surface area contributed by atoms with Crippen LogP contribution in [0.5, 0.6) is 0 Å². The minimum absolute atomic E-state index is 0.00594. The van der Waals surface area contributed by atoms with Gasteiger partial charge >= 0.3 is 6.18 Å². The van der Waals surface area contributed by atoms with E-state index in [0.717, 1.165) is 30.5 Å². The van der Waals surface area contributed by atoms with Gasteiger partial charge in [0.1, 0.15) is 23.0 Å². The van der Waals surface area contributed by atoms with Crippen molar-refractivity contribution in [3.05, 3.63) is 83.8 Å². The van der Waals surface area contributed by atoms with Gasteiger partial charge in [0, 0.05) is 30.4 Å². The number of nitrogens with one attached hydrogen (secondary N) is 1. The van der Waals surface area contributed by atoms with E-state index in [1.807, 2.05) is 4.90 Å². The van der Waals surface area contributed by atoms with E-state index in [0.29, 0.717) is 38.3 Å². The molecule has 0 unspecified atom stereocenters. The molecule has 3 N–H and O–H groups in total. The number of ether oxygens (including phenoxy) is 1. The largest absolute Gasteiger partial charge is 0.417 e. The quantitative estimate of drug-likeness (QED) is 0.156. The van der Waals surface area contributed by atoms with Crippen LogP contribution in [0.2, 0.25) is 0 Å². The lowest BCUT2D eigenvalue weighted by molar-refractivity contribution is -0.137. The first-order chi connectivity index (χ1) is 21.1. The third-order valence-electron chi connectivity index (χ3n) is 6.74. The van der Waals surface area contributed by atoms with Crippen molar-refractivity contribution in [2.75, 3.05) is 41.7 Å². The molecule has 0 atom stereocenters. The zero-order chi connectivity index (χ0) is 31.0. The van der Waals surface area contributed by atoms with Crippen molar-refractivity contribution in [3.8, 4) is 22.6 Å². The number of rotatable bonds is 6. The van der Waals surface area contributed by atoms with Crippen molar-refractivity contribution in [3.63, 3.8) is 0 Å². The summed E-state index contributed by atoms with van der Waals surface area (Å²) in [7, 11) is 0. The van der Waals surface area contributed by atoms with Gasteiger partial charge in [-0.25, -0.2) is 33.1 Å². The summed E-state index contributed by atoms with van der Waals surface area (Å²) >= 11 is 0.702. The smallest absolute Gasteiger partial charge is 0.384 e. The molecule has 0 saturated carbocycles. The van der Waals surface area contributed by atoms with Gasteiger partial charge in [-0.15, -0.1) is 0 Å². The topological polar surface area (TPSA) is 102 Å². The van der Waals surface area contributed by atoms with Crippen molar-refractivity contribution in [1.29, 1.82) is 0 Å². The number of hydrogen-bond donors (Lipinski definition) is 2. The normalized spacial score (nSPS) is 13.8. The fourth-order valence-corrected chi connectivity index (χ4v) is 5.34. The van der Waals surface area contributed by atoms with E-state index >= 15 is 4.39 Å². The first kappa shape index (κ1) is 29.4. The summed E-state index contributed by atoms with van der Waals surface area (Å²) in [6, 6.07) is 11.1. The van der Waals surface area contributed by atoms with Gasteiger partial charge in [-0.05, 0) is 60.5 Å². The Morgan fingerprint density at radius 1 is 0.909 bits per heavy atom. The molecule has 1 saturated heterocycles. The van der Waals surface area contributed by atoms with Crippen LogP contribution in [0.15, 0.2) is 65.7 Å². The second-order valence-corrected chi connectivity index (χ2v) is 10.5. The molecule has 0 spiro atoms. The van der Waals surface area contributed by atoms with E-state index in [4.69, 9.17) is 10.5 Å². The van der Waals surface area contributed by atoms with Crippen LogP contribution in [0, 0.1) is 17.5 Å². The lowest BCUT2D eigenvalue weighted by Crippen LogP contribution is -2.37. The molecule has 5 aromatic rings. The maximum Gasteiger partial charge on any atom is 0.417 e. The van der Waals surface area contributed by atoms with E-state index in [-0.39, 0.29) is 55.9 Å². The van der Waals surface area contributed by atoms with Crippen LogP contribution in [-0.2, 0) is 10.9 Å². The molecule has 6 rings (SSSR count). The average Bonchev–Trinajstić information content (AvgIpc) is 3.01. The Balaban J connectivity index is 1.43.